The van der Waals surface area contributed by atoms with Gasteiger partial charge in [0.15, 0.2) is 0 Å². The zero-order valence-electron chi connectivity index (χ0n) is 11.5. The smallest absolute Gasteiger partial charge is 0.125 e. The number of hydrogen-bond acceptors (Lipinski definition) is 4. The van der Waals surface area contributed by atoms with Crippen LogP contribution in [0.4, 0.5) is 15.1 Å². The van der Waals surface area contributed by atoms with Gasteiger partial charge in [-0.3, -0.25) is 0 Å². The number of aromatic nitrogens is 1. The first-order valence-electron chi connectivity index (χ1n) is 6.87. The van der Waals surface area contributed by atoms with Gasteiger partial charge in [0.25, 0.3) is 0 Å². The topological polar surface area (TPSA) is 42.1 Å². The molecule has 1 aromatic heterocycles. The first-order valence-corrected chi connectivity index (χ1v) is 7.64. The van der Waals surface area contributed by atoms with Gasteiger partial charge < -0.3 is 10.6 Å². The first kappa shape index (κ1) is 14.0. The van der Waals surface area contributed by atoms with Crippen LogP contribution in [-0.4, -0.2) is 17.5 Å². The van der Waals surface area contributed by atoms with E-state index in [4.69, 9.17) is 5.73 Å². The van der Waals surface area contributed by atoms with Crippen molar-refractivity contribution in [3.63, 3.8) is 0 Å². The molecule has 5 heteroatoms. The average molecular weight is 301 g/mol. The van der Waals surface area contributed by atoms with E-state index in [1.54, 1.807) is 12.1 Å². The van der Waals surface area contributed by atoms with Crippen LogP contribution in [0.25, 0.3) is 10.9 Å². The molecule has 3 aromatic rings. The molecule has 0 aliphatic heterocycles. The largest absolute Gasteiger partial charge is 0.331 e. The van der Waals surface area contributed by atoms with Gasteiger partial charge in [-0.1, -0.05) is 18.2 Å². The first-order chi connectivity index (χ1) is 10.3. The highest BCUT2D eigenvalue weighted by Crippen LogP contribution is 2.36. The van der Waals surface area contributed by atoms with Gasteiger partial charge in [0.2, 0.25) is 0 Å². The van der Waals surface area contributed by atoms with Crippen molar-refractivity contribution in [3.05, 3.63) is 54.3 Å². The molecule has 108 valence electrons. The molecule has 0 fully saturated rings. The normalized spacial score (nSPS) is 11.0. The van der Waals surface area contributed by atoms with Crippen molar-refractivity contribution < 1.29 is 4.39 Å². The maximum Gasteiger partial charge on any atom is 0.125 e. The summed E-state index contributed by atoms with van der Waals surface area (Å²) in [5.41, 5.74) is 7.43. The van der Waals surface area contributed by atoms with Crippen molar-refractivity contribution in [3.8, 4) is 0 Å². The lowest BCUT2D eigenvalue weighted by molar-refractivity contribution is 0.627. The van der Waals surface area contributed by atoms with Gasteiger partial charge in [-0.2, -0.15) is 4.37 Å². The molecule has 1 heterocycles. The van der Waals surface area contributed by atoms with E-state index in [0.29, 0.717) is 6.54 Å². The van der Waals surface area contributed by atoms with E-state index in [9.17, 15) is 4.39 Å². The van der Waals surface area contributed by atoms with Crippen LogP contribution in [0.3, 0.4) is 0 Å². The highest BCUT2D eigenvalue weighted by molar-refractivity contribution is 7.12. The summed E-state index contributed by atoms with van der Waals surface area (Å²) in [6, 6.07) is 14.6. The van der Waals surface area contributed by atoms with E-state index in [2.05, 4.69) is 9.27 Å². The van der Waals surface area contributed by atoms with Crippen LogP contribution in [0.1, 0.15) is 6.42 Å². The summed E-state index contributed by atoms with van der Waals surface area (Å²) < 4.78 is 18.0. The second-order valence-corrected chi connectivity index (χ2v) is 5.53. The molecule has 0 bridgehead atoms. The maximum atomic E-state index is 13.5. The molecule has 0 aliphatic carbocycles. The number of nitrogens with two attached hydrogens (primary N) is 1. The lowest BCUT2D eigenvalue weighted by atomic mass is 10.2. The summed E-state index contributed by atoms with van der Waals surface area (Å²) >= 11 is 1.43. The summed E-state index contributed by atoms with van der Waals surface area (Å²) in [4.78, 5) is 2.09. The monoisotopic (exact) mass is 301 g/mol. The molecule has 0 atom stereocenters. The maximum absolute atomic E-state index is 13.5. The SMILES string of the molecule is NCCCN(c1cccc(F)c1)c1snc2ccccc12. The van der Waals surface area contributed by atoms with Crippen molar-refractivity contribution in [1.29, 1.82) is 0 Å². The predicted molar refractivity (Wildman–Crippen MR) is 86.7 cm³/mol. The zero-order valence-corrected chi connectivity index (χ0v) is 12.3. The van der Waals surface area contributed by atoms with Crippen LogP contribution in [0.2, 0.25) is 0 Å². The quantitative estimate of drug-likeness (QED) is 0.776. The minimum Gasteiger partial charge on any atom is -0.331 e. The molecule has 3 nitrogen and oxygen atoms in total. The van der Waals surface area contributed by atoms with Gasteiger partial charge in [0.1, 0.15) is 10.8 Å². The second kappa shape index (κ2) is 6.20. The summed E-state index contributed by atoms with van der Waals surface area (Å²) in [5.74, 6) is -0.237. The number of anilines is 2. The standard InChI is InChI=1S/C16H16FN3S/c17-12-5-3-6-13(11-12)20(10-4-9-18)16-14-7-1-2-8-15(14)19-21-16/h1-3,5-8,11H,4,9-10,18H2. The average Bonchev–Trinajstić information content (AvgIpc) is 2.92. The lowest BCUT2D eigenvalue weighted by Crippen LogP contribution is -2.20. The third-order valence-corrected chi connectivity index (χ3v) is 4.22. The Labute approximate surface area is 127 Å². The molecule has 0 unspecified atom stereocenters. The Morgan fingerprint density at radius 2 is 2.00 bits per heavy atom. The van der Waals surface area contributed by atoms with Crippen molar-refractivity contribution in [2.24, 2.45) is 5.73 Å². The third-order valence-electron chi connectivity index (χ3n) is 3.32. The van der Waals surface area contributed by atoms with Gasteiger partial charge in [-0.05, 0) is 54.8 Å². The molecule has 3 rings (SSSR count). The minimum absolute atomic E-state index is 0.237. The zero-order chi connectivity index (χ0) is 14.7. The van der Waals surface area contributed by atoms with Gasteiger partial charge in [0.05, 0.1) is 5.52 Å². The third kappa shape index (κ3) is 2.89. The van der Waals surface area contributed by atoms with Crippen molar-refractivity contribution >= 4 is 33.1 Å². The van der Waals surface area contributed by atoms with Crippen molar-refractivity contribution in [2.45, 2.75) is 6.42 Å². The van der Waals surface area contributed by atoms with E-state index < -0.39 is 0 Å². The molecule has 0 amide bonds. The highest BCUT2D eigenvalue weighted by Gasteiger charge is 2.15. The van der Waals surface area contributed by atoms with E-state index in [1.807, 2.05) is 30.3 Å². The van der Waals surface area contributed by atoms with Crippen LogP contribution in [-0.2, 0) is 0 Å². The van der Waals surface area contributed by atoms with Crippen molar-refractivity contribution in [1.82, 2.24) is 4.37 Å². The van der Waals surface area contributed by atoms with Gasteiger partial charge >= 0.3 is 0 Å². The Balaban J connectivity index is 2.06. The van der Waals surface area contributed by atoms with Crippen molar-refractivity contribution in [2.75, 3.05) is 18.0 Å². The summed E-state index contributed by atoms with van der Waals surface area (Å²) in [5, 5.41) is 2.12. The van der Waals surface area contributed by atoms with E-state index >= 15 is 0 Å². The minimum atomic E-state index is -0.237. The molecule has 0 spiro atoms. The summed E-state index contributed by atoms with van der Waals surface area (Å²) in [6.45, 7) is 1.34. The number of nitrogens with zero attached hydrogens (tertiary/aromatic N) is 2. The molecule has 0 saturated carbocycles. The van der Waals surface area contributed by atoms with Crippen LogP contribution < -0.4 is 10.6 Å². The Bertz CT molecular complexity index is 741. The Hall–Kier alpha value is -1.98. The second-order valence-electron chi connectivity index (χ2n) is 4.78. The number of halogens is 1. The number of benzene rings is 2. The van der Waals surface area contributed by atoms with E-state index in [0.717, 1.165) is 34.6 Å². The van der Waals surface area contributed by atoms with Crippen LogP contribution in [0.15, 0.2) is 48.5 Å². The van der Waals surface area contributed by atoms with Crippen LogP contribution in [0, 0.1) is 5.82 Å². The van der Waals surface area contributed by atoms with E-state index in [-0.39, 0.29) is 5.82 Å². The molecule has 2 aromatic carbocycles. The Kier molecular flexibility index (Phi) is 4.13. The summed E-state index contributed by atoms with van der Waals surface area (Å²) in [6.07, 6.45) is 0.836. The van der Waals surface area contributed by atoms with Gasteiger partial charge in [-0.25, -0.2) is 4.39 Å². The van der Waals surface area contributed by atoms with Crippen LogP contribution >= 0.6 is 11.5 Å². The molecule has 2 N–H and O–H groups in total. The van der Waals surface area contributed by atoms with E-state index in [1.165, 1.54) is 17.6 Å². The molecule has 0 saturated heterocycles. The fourth-order valence-corrected chi connectivity index (χ4v) is 3.22. The number of hydrogen-bond donors (Lipinski definition) is 1. The van der Waals surface area contributed by atoms with Gasteiger partial charge in [0, 0.05) is 17.6 Å². The number of fused-ring (bicyclic) bond motifs is 1. The lowest BCUT2D eigenvalue weighted by Gasteiger charge is -2.23. The predicted octanol–water partition coefficient (Wildman–Crippen LogP) is 3.92. The fourth-order valence-electron chi connectivity index (χ4n) is 2.31. The highest BCUT2D eigenvalue weighted by atomic mass is 32.1. The van der Waals surface area contributed by atoms with Gasteiger partial charge in [-0.15, -0.1) is 0 Å². The fraction of sp³-hybridized carbons (Fsp3) is 0.188. The summed E-state index contributed by atoms with van der Waals surface area (Å²) in [7, 11) is 0. The molecular weight excluding hydrogens is 285 g/mol. The molecule has 0 radical (unpaired) electrons. The molecular formula is C16H16FN3S. The number of rotatable bonds is 5. The molecule has 21 heavy (non-hydrogen) atoms. The Morgan fingerprint density at radius 1 is 1.14 bits per heavy atom. The van der Waals surface area contributed by atoms with Crippen LogP contribution in [0.5, 0.6) is 0 Å². The molecule has 0 aliphatic rings. The Morgan fingerprint density at radius 3 is 2.81 bits per heavy atom.